The van der Waals surface area contributed by atoms with E-state index in [1.165, 1.54) is 25.7 Å². The third-order valence-corrected chi connectivity index (χ3v) is 6.63. The summed E-state index contributed by atoms with van der Waals surface area (Å²) in [5.74, 6) is 2.64. The van der Waals surface area contributed by atoms with Gasteiger partial charge in [0.25, 0.3) is 0 Å². The molecule has 172 valence electrons. The number of morpholine rings is 1. The minimum atomic E-state index is 0.277. The van der Waals surface area contributed by atoms with Crippen LogP contribution in [0.2, 0.25) is 0 Å². The third kappa shape index (κ3) is 7.07. The van der Waals surface area contributed by atoms with Gasteiger partial charge in [-0.2, -0.15) is 0 Å². The first-order valence-corrected chi connectivity index (χ1v) is 12.2. The van der Waals surface area contributed by atoms with E-state index < -0.39 is 0 Å². The van der Waals surface area contributed by atoms with Gasteiger partial charge in [-0.05, 0) is 42.2 Å². The van der Waals surface area contributed by atoms with E-state index in [0.29, 0.717) is 13.0 Å². The Balaban J connectivity index is 1.38. The fourth-order valence-electron chi connectivity index (χ4n) is 4.72. The zero-order valence-corrected chi connectivity index (χ0v) is 19.1. The number of benzene rings is 2. The molecule has 4 rings (SSSR count). The van der Waals surface area contributed by atoms with E-state index in [0.717, 1.165) is 68.8 Å². The molecule has 5 heteroatoms. The second-order valence-corrected chi connectivity index (χ2v) is 9.02. The van der Waals surface area contributed by atoms with Crippen LogP contribution < -0.4 is 4.74 Å². The monoisotopic (exact) mass is 436 g/mol. The summed E-state index contributed by atoms with van der Waals surface area (Å²) >= 11 is 0. The lowest BCUT2D eigenvalue weighted by Crippen LogP contribution is -2.42. The Hall–Kier alpha value is -2.37. The predicted molar refractivity (Wildman–Crippen MR) is 127 cm³/mol. The van der Waals surface area contributed by atoms with Crippen molar-refractivity contribution >= 4 is 5.91 Å². The van der Waals surface area contributed by atoms with Crippen LogP contribution in [0.5, 0.6) is 11.5 Å². The van der Waals surface area contributed by atoms with Crippen molar-refractivity contribution in [2.24, 2.45) is 5.92 Å². The topological polar surface area (TPSA) is 42.0 Å². The number of para-hydroxylation sites is 1. The number of carbonyl (C=O) groups excluding carboxylic acids is 1. The van der Waals surface area contributed by atoms with Gasteiger partial charge in [-0.25, -0.2) is 0 Å². The van der Waals surface area contributed by atoms with Crippen molar-refractivity contribution in [3.05, 3.63) is 60.2 Å². The van der Waals surface area contributed by atoms with E-state index in [-0.39, 0.29) is 5.91 Å². The van der Waals surface area contributed by atoms with Crippen molar-refractivity contribution < 1.29 is 14.3 Å². The standard InChI is InChI=1S/C27H36N2O3/c30-27(14-13-23-7-4-5-8-23)29(16-15-28-17-19-31-20-18-28)22-24-9-6-12-26(21-24)32-25-10-2-1-3-11-25/h1-3,6,9-12,21,23H,4-5,7-8,13-20,22H2. The molecule has 0 spiro atoms. The number of rotatable bonds is 10. The van der Waals surface area contributed by atoms with Crippen molar-refractivity contribution in [2.75, 3.05) is 39.4 Å². The molecule has 0 aromatic heterocycles. The van der Waals surface area contributed by atoms with Crippen LogP contribution in [0.15, 0.2) is 54.6 Å². The number of amides is 1. The van der Waals surface area contributed by atoms with E-state index in [2.05, 4.69) is 17.0 Å². The Morgan fingerprint density at radius 1 is 1.00 bits per heavy atom. The van der Waals surface area contributed by atoms with Crippen LogP contribution in [-0.2, 0) is 16.1 Å². The number of ether oxygens (including phenoxy) is 2. The Morgan fingerprint density at radius 2 is 1.75 bits per heavy atom. The molecule has 0 bridgehead atoms. The highest BCUT2D eigenvalue weighted by atomic mass is 16.5. The van der Waals surface area contributed by atoms with Gasteiger partial charge in [0, 0.05) is 39.1 Å². The molecule has 1 aliphatic carbocycles. The average molecular weight is 437 g/mol. The minimum absolute atomic E-state index is 0.277. The van der Waals surface area contributed by atoms with Gasteiger partial charge in [-0.3, -0.25) is 9.69 Å². The lowest BCUT2D eigenvalue weighted by atomic mass is 10.0. The second-order valence-electron chi connectivity index (χ2n) is 9.02. The normalized spacial score (nSPS) is 17.4. The Kier molecular flexibility index (Phi) is 8.57. The number of carbonyl (C=O) groups is 1. The van der Waals surface area contributed by atoms with Gasteiger partial charge in [-0.1, -0.05) is 56.0 Å². The number of nitrogens with zero attached hydrogens (tertiary/aromatic N) is 2. The van der Waals surface area contributed by atoms with Gasteiger partial charge in [-0.15, -0.1) is 0 Å². The van der Waals surface area contributed by atoms with E-state index in [9.17, 15) is 4.79 Å². The van der Waals surface area contributed by atoms with Crippen molar-refractivity contribution in [1.82, 2.24) is 9.80 Å². The smallest absolute Gasteiger partial charge is 0.222 e. The number of hydrogen-bond donors (Lipinski definition) is 0. The van der Waals surface area contributed by atoms with Crippen molar-refractivity contribution in [3.8, 4) is 11.5 Å². The van der Waals surface area contributed by atoms with Gasteiger partial charge < -0.3 is 14.4 Å². The lowest BCUT2D eigenvalue weighted by molar-refractivity contribution is -0.132. The first-order chi connectivity index (χ1) is 15.8. The largest absolute Gasteiger partial charge is 0.457 e. The Labute approximate surface area is 192 Å². The van der Waals surface area contributed by atoms with Crippen LogP contribution in [0, 0.1) is 5.92 Å². The maximum Gasteiger partial charge on any atom is 0.222 e. The van der Waals surface area contributed by atoms with Crippen LogP contribution in [-0.4, -0.2) is 55.1 Å². The van der Waals surface area contributed by atoms with E-state index in [1.54, 1.807) is 0 Å². The molecule has 2 fully saturated rings. The van der Waals surface area contributed by atoms with Gasteiger partial charge in [0.05, 0.1) is 13.2 Å². The summed E-state index contributed by atoms with van der Waals surface area (Å²) in [5.41, 5.74) is 1.11. The lowest BCUT2D eigenvalue weighted by Gasteiger charge is -2.30. The SMILES string of the molecule is O=C(CCC1CCCC1)N(CCN1CCOCC1)Cc1cccc(Oc2ccccc2)c1. The molecule has 0 unspecified atom stereocenters. The molecule has 1 heterocycles. The fraction of sp³-hybridized carbons (Fsp3) is 0.519. The van der Waals surface area contributed by atoms with Crippen molar-refractivity contribution in [1.29, 1.82) is 0 Å². The number of hydrogen-bond acceptors (Lipinski definition) is 4. The minimum Gasteiger partial charge on any atom is -0.457 e. The summed E-state index contributed by atoms with van der Waals surface area (Å²) in [6, 6.07) is 17.9. The molecule has 0 atom stereocenters. The molecule has 2 aliphatic rings. The highest BCUT2D eigenvalue weighted by Gasteiger charge is 2.21. The van der Waals surface area contributed by atoms with E-state index >= 15 is 0 Å². The highest BCUT2D eigenvalue weighted by molar-refractivity contribution is 5.76. The van der Waals surface area contributed by atoms with Crippen LogP contribution in [0.3, 0.4) is 0 Å². The molecular formula is C27H36N2O3. The fourth-order valence-corrected chi connectivity index (χ4v) is 4.72. The zero-order valence-electron chi connectivity index (χ0n) is 19.1. The molecular weight excluding hydrogens is 400 g/mol. The maximum absolute atomic E-state index is 13.2. The predicted octanol–water partition coefficient (Wildman–Crippen LogP) is 5.11. The van der Waals surface area contributed by atoms with Gasteiger partial charge in [0.15, 0.2) is 0 Å². The molecule has 2 aromatic rings. The quantitative estimate of drug-likeness (QED) is 0.519. The maximum atomic E-state index is 13.2. The second kappa shape index (κ2) is 12.0. The molecule has 2 aromatic carbocycles. The third-order valence-electron chi connectivity index (χ3n) is 6.63. The van der Waals surface area contributed by atoms with Crippen molar-refractivity contribution in [3.63, 3.8) is 0 Å². The molecule has 32 heavy (non-hydrogen) atoms. The molecule has 1 amide bonds. The van der Waals surface area contributed by atoms with E-state index in [4.69, 9.17) is 9.47 Å². The summed E-state index contributed by atoms with van der Waals surface area (Å²) in [6.45, 7) is 5.75. The molecule has 1 saturated heterocycles. The molecule has 5 nitrogen and oxygen atoms in total. The Morgan fingerprint density at radius 3 is 2.53 bits per heavy atom. The van der Waals surface area contributed by atoms with E-state index in [1.807, 2.05) is 47.4 Å². The van der Waals surface area contributed by atoms with Crippen LogP contribution in [0.4, 0.5) is 0 Å². The van der Waals surface area contributed by atoms with Gasteiger partial charge in [0.1, 0.15) is 11.5 Å². The summed E-state index contributed by atoms with van der Waals surface area (Å²) in [7, 11) is 0. The van der Waals surface area contributed by atoms with Crippen LogP contribution in [0.1, 0.15) is 44.1 Å². The summed E-state index contributed by atoms with van der Waals surface area (Å²) in [6.07, 6.45) is 6.93. The molecule has 1 saturated carbocycles. The zero-order chi connectivity index (χ0) is 22.0. The van der Waals surface area contributed by atoms with Crippen molar-refractivity contribution in [2.45, 2.75) is 45.1 Å². The van der Waals surface area contributed by atoms with Gasteiger partial charge in [0.2, 0.25) is 5.91 Å². The molecule has 0 N–H and O–H groups in total. The summed E-state index contributed by atoms with van der Waals surface area (Å²) in [5, 5.41) is 0. The van der Waals surface area contributed by atoms with Gasteiger partial charge >= 0.3 is 0 Å². The average Bonchev–Trinajstić information content (AvgIpc) is 3.35. The van der Waals surface area contributed by atoms with Crippen LogP contribution >= 0.6 is 0 Å². The first-order valence-electron chi connectivity index (χ1n) is 12.2. The molecule has 1 aliphatic heterocycles. The Bertz CT molecular complexity index is 830. The summed E-state index contributed by atoms with van der Waals surface area (Å²) < 4.78 is 11.5. The van der Waals surface area contributed by atoms with Crippen LogP contribution in [0.25, 0.3) is 0 Å². The summed E-state index contributed by atoms with van der Waals surface area (Å²) in [4.78, 5) is 17.7. The highest BCUT2D eigenvalue weighted by Crippen LogP contribution is 2.29. The molecule has 0 radical (unpaired) electrons. The first kappa shape index (κ1) is 22.8.